The van der Waals surface area contributed by atoms with E-state index >= 15 is 0 Å². The minimum Gasteiger partial charge on any atom is -0.357 e. The number of aliphatic imine (C=N–C) groups is 1. The van der Waals surface area contributed by atoms with E-state index in [2.05, 4.69) is 74.2 Å². The van der Waals surface area contributed by atoms with Crippen LogP contribution in [0.15, 0.2) is 46.1 Å². The van der Waals surface area contributed by atoms with Crippen molar-refractivity contribution in [1.82, 2.24) is 29.4 Å². The van der Waals surface area contributed by atoms with Crippen LogP contribution in [0.25, 0.3) is 5.65 Å². The summed E-state index contributed by atoms with van der Waals surface area (Å²) in [6.07, 6.45) is 5.84. The first kappa shape index (κ1) is 19.4. The van der Waals surface area contributed by atoms with Gasteiger partial charge in [0.2, 0.25) is 0 Å². The zero-order chi connectivity index (χ0) is 19.2. The second-order valence-corrected chi connectivity index (χ2v) is 7.42. The Balaban J connectivity index is 1.59. The predicted molar refractivity (Wildman–Crippen MR) is 112 cm³/mol. The number of pyridine rings is 1. The average molecular weight is 432 g/mol. The summed E-state index contributed by atoms with van der Waals surface area (Å²) in [5, 5.41) is 11.9. The van der Waals surface area contributed by atoms with Crippen molar-refractivity contribution in [3.05, 3.63) is 52.7 Å². The van der Waals surface area contributed by atoms with Crippen LogP contribution in [-0.2, 0) is 20.0 Å². The number of aryl methyl sites for hydroxylation is 2. The first-order valence-electron chi connectivity index (χ1n) is 9.17. The Bertz CT molecular complexity index is 912. The highest BCUT2D eigenvalue weighted by molar-refractivity contribution is 9.10. The lowest BCUT2D eigenvalue weighted by atomic mass is 10.3. The Hall–Kier alpha value is -2.35. The number of hydrogen-bond donors (Lipinski definition) is 1. The lowest BCUT2D eigenvalue weighted by molar-refractivity contribution is 0.461. The molecule has 0 atom stereocenters. The SMILES string of the molecule is CCNC(=NCCCc1nnc2ccccn12)N(C)Cc1cc(Br)cn1C. The Morgan fingerprint density at radius 3 is 2.93 bits per heavy atom. The number of aromatic nitrogens is 4. The molecular formula is C19H26BrN7. The van der Waals surface area contributed by atoms with Crippen LogP contribution in [0.4, 0.5) is 0 Å². The number of nitrogens with zero attached hydrogens (tertiary/aromatic N) is 6. The molecular weight excluding hydrogens is 406 g/mol. The molecule has 0 saturated carbocycles. The van der Waals surface area contributed by atoms with Gasteiger partial charge in [-0.25, -0.2) is 0 Å². The summed E-state index contributed by atoms with van der Waals surface area (Å²) in [5.41, 5.74) is 2.11. The minimum atomic E-state index is 0.741. The number of rotatable bonds is 7. The molecule has 3 rings (SSSR count). The topological polar surface area (TPSA) is 62.8 Å². The smallest absolute Gasteiger partial charge is 0.194 e. The van der Waals surface area contributed by atoms with Crippen LogP contribution in [0.5, 0.6) is 0 Å². The third-order valence-corrected chi connectivity index (χ3v) is 4.81. The quantitative estimate of drug-likeness (QED) is 0.354. The monoisotopic (exact) mass is 431 g/mol. The number of fused-ring (bicyclic) bond motifs is 1. The fourth-order valence-corrected chi connectivity index (χ4v) is 3.57. The van der Waals surface area contributed by atoms with Gasteiger partial charge in [0.1, 0.15) is 5.82 Å². The highest BCUT2D eigenvalue weighted by Gasteiger charge is 2.10. The summed E-state index contributed by atoms with van der Waals surface area (Å²) in [4.78, 5) is 6.93. The second kappa shape index (κ2) is 9.03. The van der Waals surface area contributed by atoms with Crippen LogP contribution in [0, 0.1) is 0 Å². The van der Waals surface area contributed by atoms with E-state index in [1.165, 1.54) is 5.69 Å². The summed E-state index contributed by atoms with van der Waals surface area (Å²) in [5.74, 6) is 1.90. The van der Waals surface area contributed by atoms with E-state index in [0.29, 0.717) is 0 Å². The number of hydrogen-bond acceptors (Lipinski definition) is 3. The summed E-state index contributed by atoms with van der Waals surface area (Å²) in [6, 6.07) is 8.07. The van der Waals surface area contributed by atoms with Gasteiger partial charge in [0, 0.05) is 56.2 Å². The van der Waals surface area contributed by atoms with E-state index in [-0.39, 0.29) is 0 Å². The normalized spacial score (nSPS) is 11.9. The molecule has 0 aromatic carbocycles. The van der Waals surface area contributed by atoms with E-state index in [1.54, 1.807) is 0 Å². The standard InChI is InChI=1S/C19H26BrN7/c1-4-21-19(26(3)14-16-12-15(20)13-25(16)2)22-10-7-9-18-24-23-17-8-5-6-11-27(17)18/h5-6,8,11-13H,4,7,9-10,14H2,1-3H3,(H,21,22). The lowest BCUT2D eigenvalue weighted by Crippen LogP contribution is -2.38. The van der Waals surface area contributed by atoms with Gasteiger partial charge in [-0.3, -0.25) is 9.39 Å². The first-order chi connectivity index (χ1) is 13.1. The molecule has 0 unspecified atom stereocenters. The van der Waals surface area contributed by atoms with Crippen LogP contribution in [0.1, 0.15) is 24.9 Å². The minimum absolute atomic E-state index is 0.741. The van der Waals surface area contributed by atoms with Crippen molar-refractivity contribution in [3.63, 3.8) is 0 Å². The van der Waals surface area contributed by atoms with Gasteiger partial charge < -0.3 is 14.8 Å². The first-order valence-corrected chi connectivity index (χ1v) is 9.96. The summed E-state index contributed by atoms with van der Waals surface area (Å²) < 4.78 is 5.25. The van der Waals surface area contributed by atoms with Crippen molar-refractivity contribution >= 4 is 27.5 Å². The molecule has 3 aromatic rings. The van der Waals surface area contributed by atoms with E-state index in [1.807, 2.05) is 28.8 Å². The molecule has 0 aliphatic carbocycles. The predicted octanol–water partition coefficient (Wildman–Crippen LogP) is 2.86. The van der Waals surface area contributed by atoms with Crippen molar-refractivity contribution in [2.24, 2.45) is 12.0 Å². The van der Waals surface area contributed by atoms with E-state index in [0.717, 1.165) is 54.4 Å². The fraction of sp³-hybridized carbons (Fsp3) is 0.421. The van der Waals surface area contributed by atoms with Gasteiger partial charge in [0.15, 0.2) is 11.6 Å². The Morgan fingerprint density at radius 1 is 1.33 bits per heavy atom. The van der Waals surface area contributed by atoms with Crippen molar-refractivity contribution in [1.29, 1.82) is 0 Å². The van der Waals surface area contributed by atoms with Crippen LogP contribution >= 0.6 is 15.9 Å². The van der Waals surface area contributed by atoms with Crippen LogP contribution in [0.2, 0.25) is 0 Å². The zero-order valence-electron chi connectivity index (χ0n) is 16.1. The van der Waals surface area contributed by atoms with Crippen molar-refractivity contribution < 1.29 is 0 Å². The second-order valence-electron chi connectivity index (χ2n) is 6.50. The van der Waals surface area contributed by atoms with Gasteiger partial charge in [-0.2, -0.15) is 0 Å². The van der Waals surface area contributed by atoms with Crippen LogP contribution in [-0.4, -0.2) is 50.2 Å². The molecule has 0 radical (unpaired) electrons. The van der Waals surface area contributed by atoms with Crippen LogP contribution < -0.4 is 5.32 Å². The molecule has 0 aliphatic rings. The molecule has 0 spiro atoms. The maximum absolute atomic E-state index is 4.78. The molecule has 3 heterocycles. The molecule has 144 valence electrons. The number of guanidine groups is 1. The molecule has 27 heavy (non-hydrogen) atoms. The summed E-state index contributed by atoms with van der Waals surface area (Å²) in [7, 11) is 4.12. The number of halogens is 1. The third-order valence-electron chi connectivity index (χ3n) is 4.37. The molecule has 3 aromatic heterocycles. The Morgan fingerprint density at radius 2 is 2.19 bits per heavy atom. The largest absolute Gasteiger partial charge is 0.357 e. The van der Waals surface area contributed by atoms with Crippen LogP contribution in [0.3, 0.4) is 0 Å². The van der Waals surface area contributed by atoms with Crippen molar-refractivity contribution in [2.75, 3.05) is 20.1 Å². The van der Waals surface area contributed by atoms with Crippen molar-refractivity contribution in [2.45, 2.75) is 26.3 Å². The van der Waals surface area contributed by atoms with Crippen molar-refractivity contribution in [3.8, 4) is 0 Å². The van der Waals surface area contributed by atoms with Gasteiger partial charge in [0.25, 0.3) is 0 Å². The molecule has 0 aliphatic heterocycles. The van der Waals surface area contributed by atoms with E-state index in [4.69, 9.17) is 4.99 Å². The van der Waals surface area contributed by atoms with Gasteiger partial charge in [-0.1, -0.05) is 6.07 Å². The zero-order valence-corrected chi connectivity index (χ0v) is 17.6. The maximum atomic E-state index is 4.78. The third kappa shape index (κ3) is 4.88. The molecule has 7 nitrogen and oxygen atoms in total. The maximum Gasteiger partial charge on any atom is 0.194 e. The lowest BCUT2D eigenvalue weighted by Gasteiger charge is -2.22. The molecule has 8 heteroatoms. The summed E-state index contributed by atoms with van der Waals surface area (Å²) >= 11 is 3.53. The van der Waals surface area contributed by atoms with Gasteiger partial charge in [-0.15, -0.1) is 10.2 Å². The van der Waals surface area contributed by atoms with Gasteiger partial charge >= 0.3 is 0 Å². The number of nitrogens with one attached hydrogen (secondary N) is 1. The fourth-order valence-electron chi connectivity index (χ4n) is 2.99. The average Bonchev–Trinajstić information content (AvgIpc) is 3.20. The Kier molecular flexibility index (Phi) is 6.49. The Labute approximate surface area is 168 Å². The van der Waals surface area contributed by atoms with E-state index in [9.17, 15) is 0 Å². The summed E-state index contributed by atoms with van der Waals surface area (Å²) in [6.45, 7) is 4.47. The highest BCUT2D eigenvalue weighted by atomic mass is 79.9. The van der Waals surface area contributed by atoms with E-state index < -0.39 is 0 Å². The molecule has 0 saturated heterocycles. The van der Waals surface area contributed by atoms with Gasteiger partial charge in [0.05, 0.1) is 6.54 Å². The molecule has 0 amide bonds. The van der Waals surface area contributed by atoms with Gasteiger partial charge in [-0.05, 0) is 47.5 Å². The molecule has 1 N–H and O–H groups in total. The molecule has 0 fully saturated rings. The highest BCUT2D eigenvalue weighted by Crippen LogP contribution is 2.15. The molecule has 0 bridgehead atoms.